The van der Waals surface area contributed by atoms with Crippen LogP contribution in [0.4, 0.5) is 0 Å². The Hall–Kier alpha value is -2.36. The second-order valence-electron chi connectivity index (χ2n) is 10.4. The number of benzene rings is 2. The van der Waals surface area contributed by atoms with E-state index in [-0.39, 0.29) is 42.5 Å². The minimum absolute atomic E-state index is 0. The van der Waals surface area contributed by atoms with Crippen molar-refractivity contribution in [1.29, 1.82) is 0 Å². The van der Waals surface area contributed by atoms with Gasteiger partial charge in [-0.15, -0.1) is 24.8 Å². The molecule has 2 atom stereocenters. The fourth-order valence-electron chi connectivity index (χ4n) is 5.73. The van der Waals surface area contributed by atoms with Crippen LogP contribution >= 0.6 is 40.7 Å². The lowest BCUT2D eigenvalue weighted by Crippen LogP contribution is -2.60. The molecule has 1 amide bonds. The summed E-state index contributed by atoms with van der Waals surface area (Å²) in [5, 5.41) is 15.3. The number of methoxy groups -OCH3 is 1. The first-order chi connectivity index (χ1) is 18.4. The Morgan fingerprint density at radius 3 is 2.67 bits per heavy atom. The summed E-state index contributed by atoms with van der Waals surface area (Å²) in [5.74, 6) is 0.823. The summed E-state index contributed by atoms with van der Waals surface area (Å²) in [6.45, 7) is 3.59. The van der Waals surface area contributed by atoms with Gasteiger partial charge >= 0.3 is 0 Å². The first-order valence-corrected chi connectivity index (χ1v) is 14.1. The predicted octanol–water partition coefficient (Wildman–Crippen LogP) is 5.08. The van der Waals surface area contributed by atoms with E-state index in [9.17, 15) is 9.59 Å². The van der Waals surface area contributed by atoms with E-state index in [4.69, 9.17) is 4.74 Å². The third kappa shape index (κ3) is 6.58. The number of ether oxygens (including phenoxy) is 1. The zero-order chi connectivity index (χ0) is 26.7. The molecule has 1 saturated carbocycles. The maximum Gasteiger partial charge on any atom is 0.241 e. The van der Waals surface area contributed by atoms with Crippen molar-refractivity contribution in [1.82, 2.24) is 21.3 Å². The molecule has 2 heterocycles. The second-order valence-corrected chi connectivity index (χ2v) is 11.3. The molecule has 1 saturated heterocycles. The number of fused-ring (bicyclic) bond motifs is 1. The van der Waals surface area contributed by atoms with E-state index in [0.717, 1.165) is 58.2 Å². The largest absolute Gasteiger partial charge is 0.496 e. The zero-order valence-electron chi connectivity index (χ0n) is 22.7. The Kier molecular flexibility index (Phi) is 11.3. The van der Waals surface area contributed by atoms with Crippen LogP contribution in [0.3, 0.4) is 0 Å². The van der Waals surface area contributed by atoms with Gasteiger partial charge < -0.3 is 26.0 Å². The topological polar surface area (TPSA) is 91.5 Å². The van der Waals surface area contributed by atoms with Crippen LogP contribution in [-0.2, 0) is 16.0 Å². The number of nitrogens with one attached hydrogen (secondary N) is 4. The number of rotatable bonds is 8. The molecule has 0 aromatic heterocycles. The Bertz CT molecular complexity index is 1340. The lowest BCUT2D eigenvalue weighted by Gasteiger charge is -2.39. The number of ketones is 1. The van der Waals surface area contributed by atoms with Gasteiger partial charge in [-0.25, -0.2) is 0 Å². The summed E-state index contributed by atoms with van der Waals surface area (Å²) in [7, 11) is 1.67. The molecular weight excluding hydrogens is 615 g/mol. The molecule has 216 valence electrons. The average molecular weight is 652 g/mol. The molecule has 2 aliphatic heterocycles. The standard InChI is InChI=1S/C30H35BrN4O3.2ClH/c1-19(34-22-17-32-18-22)29(37)35-25-7-4-6-14-33-28(25)30(13-5-3-8-27(30)36)16-24-23-11-10-21(31)15-20(23)9-12-26(24)38-2;;/h4,6-7,9-12,14-15,19,22,32-34H,3,5,8,13,16-18H2,1-2H3,(H,35,37);2*1H/t19-,30-;;/m0../s1. The quantitative estimate of drug-likeness (QED) is 0.319. The summed E-state index contributed by atoms with van der Waals surface area (Å²) in [6.07, 6.45) is 11.0. The monoisotopic (exact) mass is 650 g/mol. The number of allylic oxidation sites excluding steroid dienone is 4. The van der Waals surface area contributed by atoms with Crippen LogP contribution in [0.5, 0.6) is 5.75 Å². The summed E-state index contributed by atoms with van der Waals surface area (Å²) < 4.78 is 6.82. The molecule has 0 radical (unpaired) electrons. The molecule has 0 spiro atoms. The Morgan fingerprint density at radius 2 is 1.98 bits per heavy atom. The SMILES string of the molecule is COc1ccc2cc(Br)ccc2c1C[C@@]1(C2=C(NC(=O)[C@H](C)NC3CNC3)C=CC=CN2)CCCCC1=O.Cl.Cl. The van der Waals surface area contributed by atoms with Gasteiger partial charge in [0.05, 0.1) is 30.0 Å². The van der Waals surface area contributed by atoms with Crippen molar-refractivity contribution in [3.05, 3.63) is 76.2 Å². The van der Waals surface area contributed by atoms with Crippen LogP contribution in [-0.4, -0.2) is 44.0 Å². The van der Waals surface area contributed by atoms with E-state index < -0.39 is 5.41 Å². The van der Waals surface area contributed by atoms with Gasteiger partial charge in [0.2, 0.25) is 5.91 Å². The number of carbonyl (C=O) groups is 2. The highest BCUT2D eigenvalue weighted by atomic mass is 79.9. The molecule has 0 unspecified atom stereocenters. The van der Waals surface area contributed by atoms with Crippen LogP contribution in [0.25, 0.3) is 10.8 Å². The van der Waals surface area contributed by atoms with Crippen LogP contribution in [0.2, 0.25) is 0 Å². The van der Waals surface area contributed by atoms with Crippen molar-refractivity contribution in [3.63, 3.8) is 0 Å². The predicted molar refractivity (Wildman–Crippen MR) is 168 cm³/mol. The zero-order valence-corrected chi connectivity index (χ0v) is 25.9. The van der Waals surface area contributed by atoms with Crippen molar-refractivity contribution in [2.45, 2.75) is 51.1 Å². The van der Waals surface area contributed by atoms with Gasteiger partial charge in [0.25, 0.3) is 0 Å². The average Bonchev–Trinajstić information content (AvgIpc) is 3.13. The van der Waals surface area contributed by atoms with Gasteiger partial charge in [-0.2, -0.15) is 0 Å². The smallest absolute Gasteiger partial charge is 0.241 e. The van der Waals surface area contributed by atoms with E-state index in [2.05, 4.69) is 49.3 Å². The summed E-state index contributed by atoms with van der Waals surface area (Å²) in [6, 6.07) is 10.1. The summed E-state index contributed by atoms with van der Waals surface area (Å²) >= 11 is 3.58. The lowest BCUT2D eigenvalue weighted by atomic mass is 9.66. The fraction of sp³-hybridized carbons (Fsp3) is 0.400. The van der Waals surface area contributed by atoms with Gasteiger partial charge in [-0.05, 0) is 67.3 Å². The third-order valence-electron chi connectivity index (χ3n) is 7.90. The first kappa shape index (κ1) is 32.2. The minimum Gasteiger partial charge on any atom is -0.496 e. The highest BCUT2D eigenvalue weighted by molar-refractivity contribution is 9.10. The molecule has 0 bridgehead atoms. The van der Waals surface area contributed by atoms with Gasteiger partial charge in [0.15, 0.2) is 0 Å². The lowest BCUT2D eigenvalue weighted by molar-refractivity contribution is -0.129. The highest BCUT2D eigenvalue weighted by Crippen LogP contribution is 2.46. The maximum atomic E-state index is 14.0. The number of hydrogen-bond donors (Lipinski definition) is 4. The Morgan fingerprint density at radius 1 is 1.18 bits per heavy atom. The fourth-order valence-corrected chi connectivity index (χ4v) is 6.11. The van der Waals surface area contributed by atoms with Crippen LogP contribution < -0.4 is 26.0 Å². The van der Waals surface area contributed by atoms with E-state index in [0.29, 0.717) is 31.0 Å². The molecule has 5 rings (SSSR count). The van der Waals surface area contributed by atoms with Crippen molar-refractivity contribution < 1.29 is 14.3 Å². The molecule has 2 aromatic carbocycles. The number of amides is 1. The van der Waals surface area contributed by atoms with E-state index in [1.807, 2.05) is 49.6 Å². The van der Waals surface area contributed by atoms with Crippen LogP contribution in [0, 0.1) is 5.41 Å². The van der Waals surface area contributed by atoms with E-state index >= 15 is 0 Å². The molecule has 40 heavy (non-hydrogen) atoms. The Balaban J connectivity index is 0.00000220. The van der Waals surface area contributed by atoms with Crippen LogP contribution in [0.1, 0.15) is 38.2 Å². The number of Topliss-reactive ketones (excluding diaryl/α,β-unsaturated/α-hetero) is 1. The second kappa shape index (κ2) is 14.0. The van der Waals surface area contributed by atoms with E-state index in [1.54, 1.807) is 7.11 Å². The van der Waals surface area contributed by atoms with Gasteiger partial charge in [0, 0.05) is 41.8 Å². The number of hydrogen-bond acceptors (Lipinski definition) is 6. The normalized spacial score (nSPS) is 21.4. The molecule has 3 aliphatic rings. The van der Waals surface area contributed by atoms with Crippen molar-refractivity contribution in [2.75, 3.05) is 20.2 Å². The third-order valence-corrected chi connectivity index (χ3v) is 8.40. The molecule has 10 heteroatoms. The van der Waals surface area contributed by atoms with Gasteiger partial charge in [0.1, 0.15) is 11.5 Å². The molecule has 7 nitrogen and oxygen atoms in total. The number of halogens is 3. The molecular formula is C30H37BrCl2N4O3. The Labute approximate surface area is 256 Å². The summed E-state index contributed by atoms with van der Waals surface area (Å²) in [5.41, 5.74) is 1.55. The number of carbonyl (C=O) groups excluding carboxylic acids is 2. The molecule has 1 aliphatic carbocycles. The molecule has 2 aromatic rings. The summed E-state index contributed by atoms with van der Waals surface area (Å²) in [4.78, 5) is 27.2. The maximum absolute atomic E-state index is 14.0. The highest BCUT2D eigenvalue weighted by Gasteiger charge is 2.45. The van der Waals surface area contributed by atoms with Gasteiger partial charge in [-0.1, -0.05) is 40.6 Å². The van der Waals surface area contributed by atoms with Gasteiger partial charge in [-0.3, -0.25) is 9.59 Å². The molecule has 2 fully saturated rings. The van der Waals surface area contributed by atoms with Crippen LogP contribution in [0.15, 0.2) is 70.6 Å². The van der Waals surface area contributed by atoms with Crippen molar-refractivity contribution in [2.24, 2.45) is 5.41 Å². The minimum atomic E-state index is -0.830. The van der Waals surface area contributed by atoms with Crippen molar-refractivity contribution in [3.8, 4) is 5.75 Å². The van der Waals surface area contributed by atoms with Crippen molar-refractivity contribution >= 4 is 63.2 Å². The molecule has 4 N–H and O–H groups in total. The van der Waals surface area contributed by atoms with E-state index in [1.165, 1.54) is 0 Å². The first-order valence-electron chi connectivity index (χ1n) is 13.3.